The molecule has 1 N–H and O–H groups in total. The van der Waals surface area contributed by atoms with Crippen molar-refractivity contribution in [2.75, 3.05) is 13.7 Å². The molecule has 1 aliphatic rings. The number of hydrogen-bond acceptors (Lipinski definition) is 3. The van der Waals surface area contributed by atoms with E-state index in [1.54, 1.807) is 19.9 Å². The van der Waals surface area contributed by atoms with Gasteiger partial charge in [-0.25, -0.2) is 5.01 Å². The highest BCUT2D eigenvalue weighted by atomic mass is 19.4. The average Bonchev–Trinajstić information content (AvgIpc) is 2.62. The van der Waals surface area contributed by atoms with Crippen molar-refractivity contribution in [2.45, 2.75) is 26.1 Å². The summed E-state index contributed by atoms with van der Waals surface area (Å²) in [6.07, 6.45) is -4.54. The molecule has 0 aromatic heterocycles. The molecule has 1 heterocycles. The molecule has 0 aliphatic carbocycles. The first-order valence-corrected chi connectivity index (χ1v) is 6.44. The molecular formula is C14H17F3N2O2. The minimum Gasteiger partial charge on any atom is -0.496 e. The van der Waals surface area contributed by atoms with Gasteiger partial charge in [-0.2, -0.15) is 13.2 Å². The highest BCUT2D eigenvalue weighted by molar-refractivity contribution is 5.83. The zero-order valence-electron chi connectivity index (χ0n) is 12.0. The van der Waals surface area contributed by atoms with E-state index in [-0.39, 0.29) is 17.9 Å². The van der Waals surface area contributed by atoms with Crippen molar-refractivity contribution < 1.29 is 22.7 Å². The Morgan fingerprint density at radius 1 is 1.33 bits per heavy atom. The maximum Gasteiger partial charge on any atom is 0.410 e. The largest absolute Gasteiger partial charge is 0.496 e. The minimum absolute atomic E-state index is 0.0227. The van der Waals surface area contributed by atoms with Crippen molar-refractivity contribution in [3.05, 3.63) is 29.8 Å². The number of benzene rings is 1. The molecule has 7 heteroatoms. The van der Waals surface area contributed by atoms with E-state index < -0.39 is 23.5 Å². The maximum atomic E-state index is 13.5. The molecule has 1 aromatic rings. The Bertz CT molecular complexity index is 543. The molecule has 1 fully saturated rings. The summed E-state index contributed by atoms with van der Waals surface area (Å²) < 4.78 is 45.5. The van der Waals surface area contributed by atoms with Gasteiger partial charge in [0.1, 0.15) is 5.75 Å². The predicted molar refractivity (Wildman–Crippen MR) is 70.4 cm³/mol. The van der Waals surface area contributed by atoms with Crippen LogP contribution in [0.3, 0.4) is 0 Å². The number of para-hydroxylation sites is 1. The lowest BCUT2D eigenvalue weighted by molar-refractivity contribution is -0.192. The zero-order chi connectivity index (χ0) is 15.8. The van der Waals surface area contributed by atoms with Gasteiger partial charge in [0.15, 0.2) is 6.04 Å². The molecule has 1 aromatic carbocycles. The van der Waals surface area contributed by atoms with Gasteiger partial charge in [-0.3, -0.25) is 10.2 Å². The van der Waals surface area contributed by atoms with Crippen LogP contribution in [0.5, 0.6) is 5.75 Å². The normalized spacial score (nSPS) is 20.2. The Kier molecular flexibility index (Phi) is 3.88. The topological polar surface area (TPSA) is 41.6 Å². The molecule has 4 nitrogen and oxygen atoms in total. The van der Waals surface area contributed by atoms with Crippen molar-refractivity contribution in [3.8, 4) is 5.75 Å². The number of methoxy groups -OCH3 is 1. The van der Waals surface area contributed by atoms with Crippen LogP contribution in [-0.4, -0.2) is 30.7 Å². The Balaban J connectivity index is 2.44. The first-order chi connectivity index (χ1) is 9.66. The summed E-state index contributed by atoms with van der Waals surface area (Å²) in [5, 5.41) is 0.931. The van der Waals surface area contributed by atoms with E-state index in [9.17, 15) is 18.0 Å². The quantitative estimate of drug-likeness (QED) is 0.933. The first kappa shape index (κ1) is 15.6. The Hall–Kier alpha value is -1.76. The van der Waals surface area contributed by atoms with Crippen molar-refractivity contribution in [3.63, 3.8) is 0 Å². The lowest BCUT2D eigenvalue weighted by atomic mass is 9.93. The number of nitrogens with one attached hydrogen (secondary N) is 1. The van der Waals surface area contributed by atoms with Crippen molar-refractivity contribution in [2.24, 2.45) is 5.41 Å². The number of rotatable bonds is 3. The third-order valence-electron chi connectivity index (χ3n) is 3.48. The van der Waals surface area contributed by atoms with Crippen LogP contribution in [0.25, 0.3) is 0 Å². The van der Waals surface area contributed by atoms with Crippen LogP contribution in [-0.2, 0) is 4.79 Å². The van der Waals surface area contributed by atoms with Gasteiger partial charge in [0.05, 0.1) is 12.5 Å². The summed E-state index contributed by atoms with van der Waals surface area (Å²) >= 11 is 0. The van der Waals surface area contributed by atoms with Gasteiger partial charge in [-0.05, 0) is 19.9 Å². The predicted octanol–water partition coefficient (Wildman–Crippen LogP) is 2.67. The lowest BCUT2D eigenvalue weighted by Gasteiger charge is -2.30. The van der Waals surface area contributed by atoms with E-state index in [4.69, 9.17) is 4.74 Å². The van der Waals surface area contributed by atoms with Gasteiger partial charge >= 0.3 is 6.18 Å². The van der Waals surface area contributed by atoms with Gasteiger partial charge in [0.2, 0.25) is 5.91 Å². The van der Waals surface area contributed by atoms with Gasteiger partial charge in [0.25, 0.3) is 0 Å². The second kappa shape index (κ2) is 5.22. The maximum absolute atomic E-state index is 13.5. The van der Waals surface area contributed by atoms with Crippen LogP contribution in [0.4, 0.5) is 13.2 Å². The Morgan fingerprint density at radius 2 is 1.95 bits per heavy atom. The van der Waals surface area contributed by atoms with Crippen LogP contribution in [0.2, 0.25) is 0 Å². The zero-order valence-corrected chi connectivity index (χ0v) is 12.0. The van der Waals surface area contributed by atoms with Crippen LogP contribution in [0.15, 0.2) is 24.3 Å². The molecule has 1 saturated heterocycles. The van der Waals surface area contributed by atoms with Crippen LogP contribution >= 0.6 is 0 Å². The van der Waals surface area contributed by atoms with E-state index in [0.29, 0.717) is 0 Å². The van der Waals surface area contributed by atoms with E-state index in [0.717, 1.165) is 5.01 Å². The Morgan fingerprint density at radius 3 is 2.43 bits per heavy atom. The molecule has 0 saturated carbocycles. The monoisotopic (exact) mass is 302 g/mol. The first-order valence-electron chi connectivity index (χ1n) is 6.44. The highest BCUT2D eigenvalue weighted by Gasteiger charge is 2.51. The van der Waals surface area contributed by atoms with Gasteiger partial charge in [-0.15, -0.1) is 0 Å². The summed E-state index contributed by atoms with van der Waals surface area (Å²) in [7, 11) is 1.32. The lowest BCUT2D eigenvalue weighted by Crippen LogP contribution is -2.43. The second-order valence-electron chi connectivity index (χ2n) is 5.64. The number of hydrazine groups is 1. The summed E-state index contributed by atoms with van der Waals surface area (Å²) in [6.45, 7) is 3.18. The number of alkyl halides is 3. The van der Waals surface area contributed by atoms with Crippen LogP contribution < -0.4 is 10.2 Å². The molecule has 1 atom stereocenters. The van der Waals surface area contributed by atoms with Crippen molar-refractivity contribution in [1.82, 2.24) is 10.4 Å². The summed E-state index contributed by atoms with van der Waals surface area (Å²) in [5.41, 5.74) is 1.43. The van der Waals surface area contributed by atoms with Crippen LogP contribution in [0.1, 0.15) is 25.5 Å². The standard InChI is InChI=1S/C14H17F3N2O2/c1-13(2)8-19(18-12(13)20)11(14(15,16)17)9-6-4-5-7-10(9)21-3/h4-7,11H,8H2,1-3H3,(H,18,20). The van der Waals surface area contributed by atoms with Crippen LogP contribution in [0, 0.1) is 5.41 Å². The molecule has 0 spiro atoms. The fourth-order valence-electron chi connectivity index (χ4n) is 2.39. The number of halogens is 3. The number of carbonyl (C=O) groups excluding carboxylic acids is 1. The SMILES string of the molecule is COc1ccccc1C(N1CC(C)(C)C(=O)N1)C(F)(F)F. The van der Waals surface area contributed by atoms with Gasteiger partial charge in [-0.1, -0.05) is 18.2 Å². The third kappa shape index (κ3) is 2.97. The molecule has 1 unspecified atom stereocenters. The number of amides is 1. The third-order valence-corrected chi connectivity index (χ3v) is 3.48. The van der Waals surface area contributed by atoms with E-state index in [1.165, 1.54) is 25.3 Å². The molecule has 2 rings (SSSR count). The molecule has 0 radical (unpaired) electrons. The minimum atomic E-state index is -4.54. The van der Waals surface area contributed by atoms with E-state index in [2.05, 4.69) is 5.43 Å². The highest BCUT2D eigenvalue weighted by Crippen LogP contribution is 2.43. The number of carbonyl (C=O) groups is 1. The number of hydrogen-bond donors (Lipinski definition) is 1. The fraction of sp³-hybridized carbons (Fsp3) is 0.500. The smallest absolute Gasteiger partial charge is 0.410 e. The van der Waals surface area contributed by atoms with E-state index in [1.807, 2.05) is 0 Å². The van der Waals surface area contributed by atoms with Crippen molar-refractivity contribution in [1.29, 1.82) is 0 Å². The molecular weight excluding hydrogens is 285 g/mol. The summed E-state index contributed by atoms with van der Waals surface area (Å²) in [4.78, 5) is 11.8. The van der Waals surface area contributed by atoms with E-state index >= 15 is 0 Å². The molecule has 1 aliphatic heterocycles. The second-order valence-corrected chi connectivity index (χ2v) is 5.64. The van der Waals surface area contributed by atoms with Gasteiger partial charge in [0, 0.05) is 12.1 Å². The number of nitrogens with zero attached hydrogens (tertiary/aromatic N) is 1. The van der Waals surface area contributed by atoms with Gasteiger partial charge < -0.3 is 4.74 Å². The summed E-state index contributed by atoms with van der Waals surface area (Å²) in [5.74, 6) is -0.287. The summed E-state index contributed by atoms with van der Waals surface area (Å²) in [6, 6.07) is 3.99. The molecule has 21 heavy (non-hydrogen) atoms. The number of ether oxygens (including phenoxy) is 1. The molecule has 116 valence electrons. The van der Waals surface area contributed by atoms with Crippen molar-refractivity contribution >= 4 is 5.91 Å². The molecule has 1 amide bonds. The Labute approximate surface area is 120 Å². The average molecular weight is 302 g/mol. The molecule has 0 bridgehead atoms. The fourth-order valence-corrected chi connectivity index (χ4v) is 2.39.